The van der Waals surface area contributed by atoms with Crippen molar-refractivity contribution in [2.45, 2.75) is 43.6 Å². The summed E-state index contributed by atoms with van der Waals surface area (Å²) >= 11 is 0. The van der Waals surface area contributed by atoms with Gasteiger partial charge in [-0.05, 0) is 25.0 Å². The average Bonchev–Trinajstić information content (AvgIpc) is 3.03. The van der Waals surface area contributed by atoms with Gasteiger partial charge in [0, 0.05) is 42.7 Å². The fraction of sp³-hybridized carbons (Fsp3) is 0.600. The van der Waals surface area contributed by atoms with Crippen LogP contribution in [0.25, 0.3) is 0 Å². The van der Waals surface area contributed by atoms with Gasteiger partial charge in [-0.2, -0.15) is 0 Å². The van der Waals surface area contributed by atoms with Crippen molar-refractivity contribution in [2.75, 3.05) is 18.1 Å². The van der Waals surface area contributed by atoms with Crippen molar-refractivity contribution in [3.05, 3.63) is 34.4 Å². The summed E-state index contributed by atoms with van der Waals surface area (Å²) in [5.74, 6) is -0.372. The van der Waals surface area contributed by atoms with Crippen molar-refractivity contribution in [3.63, 3.8) is 0 Å². The molecule has 2 atom stereocenters. The van der Waals surface area contributed by atoms with Crippen LogP contribution in [0.2, 0.25) is 0 Å². The largest absolute Gasteiger partial charge is 0.365 e. The van der Waals surface area contributed by atoms with Crippen molar-refractivity contribution >= 4 is 11.4 Å². The van der Waals surface area contributed by atoms with Crippen LogP contribution < -0.4 is 4.90 Å². The molecule has 1 aromatic carbocycles. The van der Waals surface area contributed by atoms with Crippen LogP contribution in [0, 0.1) is 10.1 Å². The zero-order valence-electron chi connectivity index (χ0n) is 11.7. The number of anilines is 1. The second kappa shape index (κ2) is 4.68. The molecule has 3 aliphatic rings. The van der Waals surface area contributed by atoms with E-state index in [0.29, 0.717) is 25.3 Å². The quantitative estimate of drug-likeness (QED) is 0.618. The number of non-ortho nitro benzene ring substituents is 1. The van der Waals surface area contributed by atoms with E-state index in [4.69, 9.17) is 9.47 Å². The number of nitrogens with zero attached hydrogens (tertiary/aromatic N) is 2. The Hall–Kier alpha value is -1.66. The van der Waals surface area contributed by atoms with E-state index in [1.165, 1.54) is 0 Å². The van der Waals surface area contributed by atoms with E-state index >= 15 is 0 Å². The van der Waals surface area contributed by atoms with Crippen molar-refractivity contribution in [2.24, 2.45) is 0 Å². The van der Waals surface area contributed by atoms with Crippen LogP contribution in [0.15, 0.2) is 24.3 Å². The predicted octanol–water partition coefficient (Wildman–Crippen LogP) is 2.47. The summed E-state index contributed by atoms with van der Waals surface area (Å²) in [5, 5.41) is 10.8. The van der Waals surface area contributed by atoms with E-state index in [0.717, 1.165) is 31.4 Å². The zero-order valence-corrected chi connectivity index (χ0v) is 11.7. The Kier molecular flexibility index (Phi) is 2.90. The Labute approximate surface area is 122 Å². The number of hydrogen-bond donors (Lipinski definition) is 0. The van der Waals surface area contributed by atoms with Crippen LogP contribution in [-0.2, 0) is 9.47 Å². The molecule has 3 aliphatic heterocycles. The van der Waals surface area contributed by atoms with Crippen LogP contribution in [0.5, 0.6) is 0 Å². The molecule has 1 spiro atoms. The lowest BCUT2D eigenvalue weighted by molar-refractivity contribution is -0.384. The number of ether oxygens (including phenoxy) is 2. The van der Waals surface area contributed by atoms with Gasteiger partial charge in [0.1, 0.15) is 0 Å². The molecule has 4 rings (SSSR count). The Balaban J connectivity index is 1.58. The Morgan fingerprint density at radius 3 is 2.19 bits per heavy atom. The molecule has 0 radical (unpaired) electrons. The van der Waals surface area contributed by atoms with Gasteiger partial charge in [-0.1, -0.05) is 0 Å². The number of benzene rings is 1. The Morgan fingerprint density at radius 2 is 1.67 bits per heavy atom. The second-order valence-corrected chi connectivity index (χ2v) is 6.08. The number of hydrogen-bond acceptors (Lipinski definition) is 5. The Bertz CT molecular complexity index is 537. The third-order valence-corrected chi connectivity index (χ3v) is 4.89. The fourth-order valence-corrected chi connectivity index (χ4v) is 4.06. The molecule has 0 amide bonds. The molecule has 0 aromatic heterocycles. The highest BCUT2D eigenvalue weighted by atomic mass is 16.7. The van der Waals surface area contributed by atoms with Crippen LogP contribution in [-0.4, -0.2) is 36.0 Å². The molecule has 21 heavy (non-hydrogen) atoms. The summed E-state index contributed by atoms with van der Waals surface area (Å²) in [6.45, 7) is 1.38. The predicted molar refractivity (Wildman–Crippen MR) is 76.3 cm³/mol. The Morgan fingerprint density at radius 1 is 1.10 bits per heavy atom. The lowest BCUT2D eigenvalue weighted by atomic mass is 9.95. The summed E-state index contributed by atoms with van der Waals surface area (Å²) in [6.07, 6.45) is 4.05. The van der Waals surface area contributed by atoms with E-state index in [1.807, 2.05) is 12.1 Å². The fourth-order valence-electron chi connectivity index (χ4n) is 4.06. The first-order valence-corrected chi connectivity index (χ1v) is 7.48. The number of fused-ring (bicyclic) bond motifs is 2. The number of nitro benzene ring substituents is 1. The summed E-state index contributed by atoms with van der Waals surface area (Å²) in [6, 6.07) is 7.70. The molecule has 2 bridgehead atoms. The maximum absolute atomic E-state index is 10.8. The van der Waals surface area contributed by atoms with Crippen molar-refractivity contribution in [1.82, 2.24) is 0 Å². The minimum Gasteiger partial charge on any atom is -0.365 e. The van der Waals surface area contributed by atoms with Gasteiger partial charge in [0.25, 0.3) is 5.69 Å². The average molecular weight is 290 g/mol. The summed E-state index contributed by atoms with van der Waals surface area (Å²) in [5.41, 5.74) is 1.21. The molecule has 6 nitrogen and oxygen atoms in total. The van der Waals surface area contributed by atoms with E-state index < -0.39 is 0 Å². The molecule has 1 aromatic rings. The highest BCUT2D eigenvalue weighted by molar-refractivity contribution is 5.54. The molecule has 112 valence electrons. The molecular weight excluding hydrogens is 272 g/mol. The highest BCUT2D eigenvalue weighted by Gasteiger charge is 2.51. The molecule has 0 saturated carbocycles. The van der Waals surface area contributed by atoms with Crippen molar-refractivity contribution in [3.8, 4) is 0 Å². The molecule has 3 fully saturated rings. The maximum Gasteiger partial charge on any atom is 0.269 e. The number of piperidine rings is 1. The lowest BCUT2D eigenvalue weighted by Crippen LogP contribution is -2.51. The molecule has 3 saturated heterocycles. The highest BCUT2D eigenvalue weighted by Crippen LogP contribution is 2.46. The monoisotopic (exact) mass is 290 g/mol. The SMILES string of the molecule is O=[N+]([O-])c1ccc(N2[C@@H]3CC[C@H]2CC2(C3)OCCO2)cc1. The van der Waals surface area contributed by atoms with Gasteiger partial charge in [-0.25, -0.2) is 0 Å². The van der Waals surface area contributed by atoms with Crippen molar-refractivity contribution < 1.29 is 14.4 Å². The summed E-state index contributed by atoms with van der Waals surface area (Å²) in [7, 11) is 0. The summed E-state index contributed by atoms with van der Waals surface area (Å²) in [4.78, 5) is 12.8. The van der Waals surface area contributed by atoms with E-state index in [-0.39, 0.29) is 16.4 Å². The number of rotatable bonds is 2. The van der Waals surface area contributed by atoms with Crippen LogP contribution >= 0.6 is 0 Å². The molecular formula is C15H18N2O4. The third kappa shape index (κ3) is 2.10. The maximum atomic E-state index is 10.8. The molecule has 0 aliphatic carbocycles. The van der Waals surface area contributed by atoms with Crippen molar-refractivity contribution in [1.29, 1.82) is 0 Å². The normalized spacial score (nSPS) is 30.0. The summed E-state index contributed by atoms with van der Waals surface area (Å²) < 4.78 is 11.7. The molecule has 0 unspecified atom stereocenters. The van der Waals surface area contributed by atoms with Crippen LogP contribution in [0.1, 0.15) is 25.7 Å². The third-order valence-electron chi connectivity index (χ3n) is 4.89. The first kappa shape index (κ1) is 13.0. The topological polar surface area (TPSA) is 64.8 Å². The standard InChI is InChI=1S/C15H18N2O4/c18-17(19)12-3-1-11(2-4-12)16-13-5-6-14(16)10-15(9-13)20-7-8-21-15/h1-4,13-14H,5-10H2/t13-,14+. The van der Waals surface area contributed by atoms with Gasteiger partial charge in [0.05, 0.1) is 18.1 Å². The first-order chi connectivity index (χ1) is 10.2. The zero-order chi connectivity index (χ0) is 14.4. The van der Waals surface area contributed by atoms with E-state index in [9.17, 15) is 10.1 Å². The first-order valence-electron chi connectivity index (χ1n) is 7.48. The van der Waals surface area contributed by atoms with Gasteiger partial charge >= 0.3 is 0 Å². The van der Waals surface area contributed by atoms with Gasteiger partial charge in [-0.3, -0.25) is 10.1 Å². The molecule has 0 N–H and O–H groups in total. The smallest absolute Gasteiger partial charge is 0.269 e. The van der Waals surface area contributed by atoms with Gasteiger partial charge in [0.2, 0.25) is 0 Å². The van der Waals surface area contributed by atoms with Gasteiger partial charge in [-0.15, -0.1) is 0 Å². The van der Waals surface area contributed by atoms with E-state index in [2.05, 4.69) is 4.90 Å². The van der Waals surface area contributed by atoms with Gasteiger partial charge < -0.3 is 14.4 Å². The minimum atomic E-state index is -0.372. The minimum absolute atomic E-state index is 0.141. The lowest BCUT2D eigenvalue weighted by Gasteiger charge is -2.44. The molecule has 3 heterocycles. The van der Waals surface area contributed by atoms with Crippen LogP contribution in [0.3, 0.4) is 0 Å². The van der Waals surface area contributed by atoms with E-state index in [1.54, 1.807) is 12.1 Å². The number of nitro groups is 1. The van der Waals surface area contributed by atoms with Gasteiger partial charge in [0.15, 0.2) is 5.79 Å². The van der Waals surface area contributed by atoms with Crippen LogP contribution in [0.4, 0.5) is 11.4 Å². The second-order valence-electron chi connectivity index (χ2n) is 6.08. The molecule has 6 heteroatoms.